The number of halogens is 3. The molecule has 0 spiro atoms. The number of sulfone groups is 1. The maximum absolute atomic E-state index is 14.1. The van der Waals surface area contributed by atoms with Crippen LogP contribution in [0.3, 0.4) is 0 Å². The van der Waals surface area contributed by atoms with E-state index in [2.05, 4.69) is 0 Å². The largest absolute Gasteiger partial charge is 0.396 e. The maximum atomic E-state index is 14.1. The SMILES string of the molecule is CC(CO)C(c1cc(F)ccc1F)S(=O)(=O)c1ccc(F)cc1. The molecule has 23 heavy (non-hydrogen) atoms. The molecule has 3 nitrogen and oxygen atoms in total. The maximum Gasteiger partial charge on any atom is 0.185 e. The second kappa shape index (κ2) is 6.72. The first-order valence-electron chi connectivity index (χ1n) is 6.82. The highest BCUT2D eigenvalue weighted by Gasteiger charge is 2.35. The molecule has 0 saturated heterocycles. The van der Waals surface area contributed by atoms with Crippen LogP contribution in [0.5, 0.6) is 0 Å². The lowest BCUT2D eigenvalue weighted by Crippen LogP contribution is -2.24. The van der Waals surface area contributed by atoms with Crippen LogP contribution in [-0.2, 0) is 9.84 Å². The molecule has 0 aliphatic carbocycles. The van der Waals surface area contributed by atoms with Gasteiger partial charge in [0.2, 0.25) is 0 Å². The Balaban J connectivity index is 2.63. The predicted octanol–water partition coefficient (Wildman–Crippen LogP) is 3.25. The third-order valence-corrected chi connectivity index (χ3v) is 5.86. The van der Waals surface area contributed by atoms with E-state index in [-0.39, 0.29) is 10.5 Å². The Bertz CT molecular complexity index is 789. The Morgan fingerprint density at radius 1 is 1.00 bits per heavy atom. The minimum Gasteiger partial charge on any atom is -0.396 e. The summed E-state index contributed by atoms with van der Waals surface area (Å²) in [5.74, 6) is -3.18. The van der Waals surface area contributed by atoms with Crippen molar-refractivity contribution in [2.45, 2.75) is 17.1 Å². The van der Waals surface area contributed by atoms with Crippen LogP contribution < -0.4 is 0 Å². The molecule has 1 N–H and O–H groups in total. The van der Waals surface area contributed by atoms with Gasteiger partial charge in [-0.3, -0.25) is 0 Å². The fourth-order valence-corrected chi connectivity index (χ4v) is 4.40. The summed E-state index contributed by atoms with van der Waals surface area (Å²) in [4.78, 5) is -0.229. The third-order valence-electron chi connectivity index (χ3n) is 3.55. The van der Waals surface area contributed by atoms with Crippen molar-refractivity contribution in [3.8, 4) is 0 Å². The van der Waals surface area contributed by atoms with Crippen LogP contribution in [0.25, 0.3) is 0 Å². The average Bonchev–Trinajstić information content (AvgIpc) is 2.51. The van der Waals surface area contributed by atoms with Gasteiger partial charge < -0.3 is 5.11 Å². The monoisotopic (exact) mass is 344 g/mol. The van der Waals surface area contributed by atoms with Crippen LogP contribution in [-0.4, -0.2) is 20.1 Å². The molecule has 0 aliphatic rings. The van der Waals surface area contributed by atoms with Gasteiger partial charge in [-0.2, -0.15) is 0 Å². The number of hydrogen-bond donors (Lipinski definition) is 1. The Hall–Kier alpha value is -1.86. The molecule has 2 atom stereocenters. The van der Waals surface area contributed by atoms with Gasteiger partial charge in [-0.25, -0.2) is 21.6 Å². The van der Waals surface area contributed by atoms with Crippen molar-refractivity contribution in [3.63, 3.8) is 0 Å². The Labute approximate surface area is 132 Å². The van der Waals surface area contributed by atoms with Crippen molar-refractivity contribution in [1.29, 1.82) is 0 Å². The van der Waals surface area contributed by atoms with E-state index < -0.39 is 45.1 Å². The molecule has 0 saturated carbocycles. The van der Waals surface area contributed by atoms with E-state index in [0.29, 0.717) is 0 Å². The van der Waals surface area contributed by atoms with Crippen LogP contribution in [0.1, 0.15) is 17.7 Å². The molecule has 2 aromatic rings. The second-order valence-corrected chi connectivity index (χ2v) is 7.31. The van der Waals surface area contributed by atoms with Crippen LogP contribution in [0.4, 0.5) is 13.2 Å². The quantitative estimate of drug-likeness (QED) is 0.847. The highest BCUT2D eigenvalue weighted by atomic mass is 32.2. The summed E-state index contributed by atoms with van der Waals surface area (Å²) in [6, 6.07) is 6.56. The Kier molecular flexibility index (Phi) is 5.11. The predicted molar refractivity (Wildman–Crippen MR) is 78.9 cm³/mol. The van der Waals surface area contributed by atoms with Gasteiger partial charge in [-0.05, 0) is 42.5 Å². The van der Waals surface area contributed by atoms with Gasteiger partial charge in [0.15, 0.2) is 9.84 Å². The molecule has 124 valence electrons. The summed E-state index contributed by atoms with van der Waals surface area (Å²) < 4.78 is 66.1. The van der Waals surface area contributed by atoms with E-state index in [4.69, 9.17) is 0 Å². The lowest BCUT2D eigenvalue weighted by Gasteiger charge is -2.23. The average molecular weight is 344 g/mol. The minimum atomic E-state index is -4.15. The van der Waals surface area contributed by atoms with Crippen LogP contribution in [0, 0.1) is 23.4 Å². The third kappa shape index (κ3) is 3.56. The van der Waals surface area contributed by atoms with Crippen molar-refractivity contribution in [1.82, 2.24) is 0 Å². The summed E-state index contributed by atoms with van der Waals surface area (Å²) >= 11 is 0. The van der Waals surface area contributed by atoms with Gasteiger partial charge in [0.1, 0.15) is 17.5 Å². The number of rotatable bonds is 5. The first-order valence-corrected chi connectivity index (χ1v) is 8.37. The standard InChI is InChI=1S/C16H15F3O3S/c1-10(9-20)16(14-8-12(18)4-7-15(14)19)23(21,22)13-5-2-11(17)3-6-13/h2-8,10,16,20H,9H2,1H3. The molecule has 0 bridgehead atoms. The molecule has 2 unspecified atom stereocenters. The molecule has 7 heteroatoms. The van der Waals surface area contributed by atoms with Crippen LogP contribution >= 0.6 is 0 Å². The van der Waals surface area contributed by atoms with E-state index in [0.717, 1.165) is 42.5 Å². The van der Waals surface area contributed by atoms with Crippen molar-refractivity contribution >= 4 is 9.84 Å². The van der Waals surface area contributed by atoms with Crippen molar-refractivity contribution in [3.05, 3.63) is 65.5 Å². The van der Waals surface area contributed by atoms with Crippen molar-refractivity contribution in [2.24, 2.45) is 5.92 Å². The van der Waals surface area contributed by atoms with Gasteiger partial charge in [-0.1, -0.05) is 6.92 Å². The summed E-state index contributed by atoms with van der Waals surface area (Å²) in [5.41, 5.74) is -0.365. The van der Waals surface area contributed by atoms with Crippen molar-refractivity contribution in [2.75, 3.05) is 6.61 Å². The Morgan fingerprint density at radius 2 is 1.57 bits per heavy atom. The smallest absolute Gasteiger partial charge is 0.185 e. The fourth-order valence-electron chi connectivity index (χ4n) is 2.38. The molecule has 0 heterocycles. The summed E-state index contributed by atoms with van der Waals surface area (Å²) in [7, 11) is -4.15. The minimum absolute atomic E-state index is 0.229. The molecule has 0 aromatic heterocycles. The molecule has 0 fully saturated rings. The van der Waals surface area contributed by atoms with Crippen LogP contribution in [0.15, 0.2) is 47.4 Å². The summed E-state index contributed by atoms with van der Waals surface area (Å²) in [6.07, 6.45) is 0. The molecule has 0 aliphatic heterocycles. The summed E-state index contributed by atoms with van der Waals surface area (Å²) in [6.45, 7) is 0.872. The highest BCUT2D eigenvalue weighted by Crippen LogP contribution is 2.36. The normalized spacial score (nSPS) is 14.5. The zero-order chi connectivity index (χ0) is 17.2. The molecule has 0 radical (unpaired) electrons. The first-order chi connectivity index (χ1) is 10.8. The second-order valence-electron chi connectivity index (χ2n) is 5.25. The zero-order valence-electron chi connectivity index (χ0n) is 12.2. The molecule has 2 rings (SSSR count). The van der Waals surface area contributed by atoms with Gasteiger partial charge >= 0.3 is 0 Å². The van der Waals surface area contributed by atoms with E-state index in [1.54, 1.807) is 0 Å². The molecular formula is C16H15F3O3S. The van der Waals surface area contributed by atoms with E-state index >= 15 is 0 Å². The van der Waals surface area contributed by atoms with Gasteiger partial charge in [0.05, 0.1) is 10.1 Å². The number of benzene rings is 2. The molecular weight excluding hydrogens is 329 g/mol. The number of hydrogen-bond acceptors (Lipinski definition) is 3. The lowest BCUT2D eigenvalue weighted by atomic mass is 10.0. The van der Waals surface area contributed by atoms with Crippen molar-refractivity contribution < 1.29 is 26.7 Å². The van der Waals surface area contributed by atoms with E-state index in [1.807, 2.05) is 0 Å². The topological polar surface area (TPSA) is 54.4 Å². The summed E-state index contributed by atoms with van der Waals surface area (Å²) in [5, 5.41) is 7.85. The molecule has 0 amide bonds. The van der Waals surface area contributed by atoms with E-state index in [1.165, 1.54) is 6.92 Å². The van der Waals surface area contributed by atoms with E-state index in [9.17, 15) is 26.7 Å². The zero-order valence-corrected chi connectivity index (χ0v) is 13.0. The first kappa shape index (κ1) is 17.5. The van der Waals surface area contributed by atoms with Gasteiger partial charge in [-0.15, -0.1) is 0 Å². The highest BCUT2D eigenvalue weighted by molar-refractivity contribution is 7.91. The van der Waals surface area contributed by atoms with Gasteiger partial charge in [0, 0.05) is 18.1 Å². The fraction of sp³-hybridized carbons (Fsp3) is 0.250. The number of aliphatic hydroxyl groups is 1. The molecule has 2 aromatic carbocycles. The van der Waals surface area contributed by atoms with Crippen LogP contribution in [0.2, 0.25) is 0 Å². The van der Waals surface area contributed by atoms with Gasteiger partial charge in [0.25, 0.3) is 0 Å². The Morgan fingerprint density at radius 3 is 2.13 bits per heavy atom. The lowest BCUT2D eigenvalue weighted by molar-refractivity contribution is 0.231. The number of aliphatic hydroxyl groups excluding tert-OH is 1.